The summed E-state index contributed by atoms with van der Waals surface area (Å²) < 4.78 is 0. The third-order valence-electron chi connectivity index (χ3n) is 1.70. The van der Waals surface area contributed by atoms with Crippen molar-refractivity contribution in [3.63, 3.8) is 0 Å². The molecule has 74 valence electrons. The first kappa shape index (κ1) is 10.8. The maximum Gasteiger partial charge on any atom is 0.248 e. The lowest BCUT2D eigenvalue weighted by Crippen LogP contribution is -2.08. The zero-order chi connectivity index (χ0) is 10.6. The van der Waals surface area contributed by atoms with Gasteiger partial charge in [-0.1, -0.05) is 23.7 Å². The first-order chi connectivity index (χ1) is 6.63. The Labute approximate surface area is 88.6 Å². The van der Waals surface area contributed by atoms with E-state index >= 15 is 0 Å². The number of amides is 1. The fourth-order valence-corrected chi connectivity index (χ4v) is 1.23. The minimum Gasteiger partial charge on any atom is -0.321 e. The second-order valence-corrected chi connectivity index (χ2v) is 3.38. The van der Waals surface area contributed by atoms with Crippen LogP contribution in [0, 0.1) is 6.92 Å². The number of halogens is 1. The summed E-state index contributed by atoms with van der Waals surface area (Å²) in [6.45, 7) is 3.74. The molecule has 0 atom stereocenters. The standard InChI is InChI=1S/C11H12ClNO/c1-3-4-11(14)13-10-7-8(2)5-6-9(10)12/h3-7H,1-2H3,(H,13,14)/b4-3+. The lowest BCUT2D eigenvalue weighted by Gasteiger charge is -2.05. The Balaban J connectivity index is 2.85. The molecule has 2 nitrogen and oxygen atoms in total. The van der Waals surface area contributed by atoms with Crippen LogP contribution in [0.3, 0.4) is 0 Å². The summed E-state index contributed by atoms with van der Waals surface area (Å²) in [7, 11) is 0. The number of carbonyl (C=O) groups is 1. The fraction of sp³-hybridized carbons (Fsp3) is 0.182. The molecule has 0 aromatic heterocycles. The van der Waals surface area contributed by atoms with Crippen LogP contribution in [-0.4, -0.2) is 5.91 Å². The van der Waals surface area contributed by atoms with Crippen molar-refractivity contribution in [2.75, 3.05) is 5.32 Å². The van der Waals surface area contributed by atoms with Gasteiger partial charge in [0.2, 0.25) is 5.91 Å². The first-order valence-electron chi connectivity index (χ1n) is 4.33. The Kier molecular flexibility index (Phi) is 3.72. The van der Waals surface area contributed by atoms with Crippen molar-refractivity contribution in [1.29, 1.82) is 0 Å². The number of aryl methyl sites for hydroxylation is 1. The Bertz CT molecular complexity index is 372. The molecular weight excluding hydrogens is 198 g/mol. The van der Waals surface area contributed by atoms with Crippen molar-refractivity contribution >= 4 is 23.2 Å². The maximum absolute atomic E-state index is 11.2. The molecule has 0 aliphatic carbocycles. The van der Waals surface area contributed by atoms with Crippen LogP contribution in [0.15, 0.2) is 30.4 Å². The Morgan fingerprint density at radius 2 is 2.21 bits per heavy atom. The SMILES string of the molecule is C/C=C/C(=O)Nc1cc(C)ccc1Cl. The van der Waals surface area contributed by atoms with E-state index in [1.807, 2.05) is 19.1 Å². The number of hydrogen-bond donors (Lipinski definition) is 1. The second kappa shape index (κ2) is 4.82. The van der Waals surface area contributed by atoms with Crippen molar-refractivity contribution < 1.29 is 4.79 Å². The number of allylic oxidation sites excluding steroid dienone is 1. The van der Waals surface area contributed by atoms with Gasteiger partial charge in [0.15, 0.2) is 0 Å². The number of rotatable bonds is 2. The lowest BCUT2D eigenvalue weighted by molar-refractivity contribution is -0.111. The van der Waals surface area contributed by atoms with Gasteiger partial charge in [-0.2, -0.15) is 0 Å². The van der Waals surface area contributed by atoms with Crippen LogP contribution >= 0.6 is 11.6 Å². The number of carbonyl (C=O) groups excluding carboxylic acids is 1. The number of anilines is 1. The Morgan fingerprint density at radius 1 is 1.50 bits per heavy atom. The Morgan fingerprint density at radius 3 is 2.86 bits per heavy atom. The van der Waals surface area contributed by atoms with Crippen molar-refractivity contribution in [2.24, 2.45) is 0 Å². The predicted octanol–water partition coefficient (Wildman–Crippen LogP) is 3.16. The van der Waals surface area contributed by atoms with E-state index in [4.69, 9.17) is 11.6 Å². The van der Waals surface area contributed by atoms with Crippen molar-refractivity contribution in [1.82, 2.24) is 0 Å². The topological polar surface area (TPSA) is 29.1 Å². The predicted molar refractivity (Wildman–Crippen MR) is 59.6 cm³/mol. The van der Waals surface area contributed by atoms with Crippen molar-refractivity contribution in [3.05, 3.63) is 40.9 Å². The van der Waals surface area contributed by atoms with E-state index in [0.717, 1.165) is 5.56 Å². The summed E-state index contributed by atoms with van der Waals surface area (Å²) in [5, 5.41) is 3.24. The van der Waals surface area contributed by atoms with E-state index in [9.17, 15) is 4.79 Å². The fourth-order valence-electron chi connectivity index (χ4n) is 1.06. The van der Waals surface area contributed by atoms with Gasteiger partial charge >= 0.3 is 0 Å². The van der Waals surface area contributed by atoms with E-state index in [-0.39, 0.29) is 5.91 Å². The van der Waals surface area contributed by atoms with Gasteiger partial charge in [-0.3, -0.25) is 4.79 Å². The molecule has 0 bridgehead atoms. The summed E-state index contributed by atoms with van der Waals surface area (Å²) in [6, 6.07) is 5.50. The molecule has 0 aliphatic rings. The molecule has 14 heavy (non-hydrogen) atoms. The molecule has 0 radical (unpaired) electrons. The zero-order valence-electron chi connectivity index (χ0n) is 8.17. The van der Waals surface area contributed by atoms with Crippen LogP contribution in [0.4, 0.5) is 5.69 Å². The van der Waals surface area contributed by atoms with E-state index in [0.29, 0.717) is 10.7 Å². The third-order valence-corrected chi connectivity index (χ3v) is 2.03. The van der Waals surface area contributed by atoms with Crippen molar-refractivity contribution in [3.8, 4) is 0 Å². The highest BCUT2D eigenvalue weighted by Gasteiger charge is 2.02. The molecule has 0 heterocycles. The normalized spacial score (nSPS) is 10.5. The lowest BCUT2D eigenvalue weighted by atomic mass is 10.2. The zero-order valence-corrected chi connectivity index (χ0v) is 8.93. The monoisotopic (exact) mass is 209 g/mol. The van der Waals surface area contributed by atoms with E-state index in [1.54, 1.807) is 19.1 Å². The molecule has 3 heteroatoms. The highest BCUT2D eigenvalue weighted by molar-refractivity contribution is 6.33. The molecule has 1 aromatic rings. The van der Waals surface area contributed by atoms with Crippen LogP contribution < -0.4 is 5.32 Å². The molecule has 0 fully saturated rings. The van der Waals surface area contributed by atoms with E-state index in [2.05, 4.69) is 5.32 Å². The molecule has 0 saturated heterocycles. The van der Waals surface area contributed by atoms with Gasteiger partial charge < -0.3 is 5.32 Å². The summed E-state index contributed by atoms with van der Waals surface area (Å²) in [6.07, 6.45) is 3.14. The van der Waals surface area contributed by atoms with Gasteiger partial charge in [-0.05, 0) is 37.6 Å². The third kappa shape index (κ3) is 2.89. The maximum atomic E-state index is 11.2. The minimum atomic E-state index is -0.167. The highest BCUT2D eigenvalue weighted by atomic mass is 35.5. The van der Waals surface area contributed by atoms with Crippen LogP contribution in [0.1, 0.15) is 12.5 Å². The van der Waals surface area contributed by atoms with E-state index in [1.165, 1.54) is 6.08 Å². The highest BCUT2D eigenvalue weighted by Crippen LogP contribution is 2.22. The number of nitrogens with one attached hydrogen (secondary N) is 1. The van der Waals surface area contributed by atoms with Crippen LogP contribution in [0.2, 0.25) is 5.02 Å². The van der Waals surface area contributed by atoms with Gasteiger partial charge in [0.05, 0.1) is 10.7 Å². The largest absolute Gasteiger partial charge is 0.321 e. The number of benzene rings is 1. The van der Waals surface area contributed by atoms with Crippen molar-refractivity contribution in [2.45, 2.75) is 13.8 Å². The van der Waals surface area contributed by atoms with Crippen LogP contribution in [0.25, 0.3) is 0 Å². The number of hydrogen-bond acceptors (Lipinski definition) is 1. The summed E-state index contributed by atoms with van der Waals surface area (Å²) in [5.74, 6) is -0.167. The average Bonchev–Trinajstić information content (AvgIpc) is 2.12. The molecule has 0 saturated carbocycles. The second-order valence-electron chi connectivity index (χ2n) is 2.97. The molecule has 0 unspecified atom stereocenters. The molecule has 1 rings (SSSR count). The smallest absolute Gasteiger partial charge is 0.248 e. The molecule has 0 spiro atoms. The quantitative estimate of drug-likeness (QED) is 0.745. The first-order valence-corrected chi connectivity index (χ1v) is 4.71. The summed E-state index contributed by atoms with van der Waals surface area (Å²) >= 11 is 5.90. The molecule has 0 aliphatic heterocycles. The summed E-state index contributed by atoms with van der Waals surface area (Å²) in [4.78, 5) is 11.2. The van der Waals surface area contributed by atoms with Gasteiger partial charge in [-0.25, -0.2) is 0 Å². The Hall–Kier alpha value is -1.28. The van der Waals surface area contributed by atoms with Gasteiger partial charge in [0.25, 0.3) is 0 Å². The van der Waals surface area contributed by atoms with Crippen LogP contribution in [0.5, 0.6) is 0 Å². The van der Waals surface area contributed by atoms with Gasteiger partial charge in [0, 0.05) is 0 Å². The molecular formula is C11H12ClNO. The van der Waals surface area contributed by atoms with Gasteiger partial charge in [-0.15, -0.1) is 0 Å². The van der Waals surface area contributed by atoms with Gasteiger partial charge in [0.1, 0.15) is 0 Å². The van der Waals surface area contributed by atoms with Crippen LogP contribution in [-0.2, 0) is 4.79 Å². The molecule has 1 aromatic carbocycles. The summed E-state index contributed by atoms with van der Waals surface area (Å²) in [5.41, 5.74) is 1.71. The van der Waals surface area contributed by atoms with E-state index < -0.39 is 0 Å². The molecule has 1 amide bonds. The average molecular weight is 210 g/mol. The molecule has 1 N–H and O–H groups in total. The minimum absolute atomic E-state index is 0.167.